The number of rotatable bonds is 9. The van der Waals surface area contributed by atoms with E-state index in [1.165, 1.54) is 0 Å². The number of nitrogens with zero attached hydrogens (tertiary/aromatic N) is 6. The van der Waals surface area contributed by atoms with E-state index in [0.717, 1.165) is 38.9 Å². The Balaban J connectivity index is 0.921. The van der Waals surface area contributed by atoms with Gasteiger partial charge in [0.05, 0.1) is 47.6 Å². The van der Waals surface area contributed by atoms with Crippen LogP contribution in [0.15, 0.2) is 156 Å². The van der Waals surface area contributed by atoms with Gasteiger partial charge in [0.2, 0.25) is 5.88 Å². The van der Waals surface area contributed by atoms with E-state index in [1.807, 2.05) is 109 Å². The fourth-order valence-corrected chi connectivity index (χ4v) is 5.98. The average Bonchev–Trinajstić information content (AvgIpc) is 3.17. The van der Waals surface area contributed by atoms with Gasteiger partial charge in [0.15, 0.2) is 0 Å². The van der Waals surface area contributed by atoms with Crippen molar-refractivity contribution in [3.05, 3.63) is 184 Å². The van der Waals surface area contributed by atoms with Crippen LogP contribution in [0.1, 0.15) is 16.7 Å². The van der Waals surface area contributed by atoms with Crippen LogP contribution in [0, 0.1) is 0 Å². The van der Waals surface area contributed by atoms with Crippen LogP contribution in [0.4, 0.5) is 0 Å². The van der Waals surface area contributed by atoms with E-state index in [1.54, 1.807) is 46.3 Å². The summed E-state index contributed by atoms with van der Waals surface area (Å²) in [5.41, 5.74) is 8.10. The molecule has 8 rings (SSSR count). The van der Waals surface area contributed by atoms with Crippen molar-refractivity contribution in [1.82, 2.24) is 29.1 Å². The van der Waals surface area contributed by atoms with Crippen molar-refractivity contribution in [1.29, 1.82) is 0 Å². The molecule has 0 unspecified atom stereocenters. The topological polar surface area (TPSA) is 105 Å². The molecule has 0 aliphatic heterocycles. The Morgan fingerprint density at radius 3 is 1.86 bits per heavy atom. The molecule has 50 heavy (non-hydrogen) atoms. The van der Waals surface area contributed by atoms with Gasteiger partial charge in [-0.25, -0.2) is 15.0 Å². The van der Waals surface area contributed by atoms with E-state index in [0.29, 0.717) is 40.8 Å². The summed E-state index contributed by atoms with van der Waals surface area (Å²) >= 11 is 0. The number of hydrogen-bond acceptors (Lipinski definition) is 7. The van der Waals surface area contributed by atoms with Gasteiger partial charge in [0.1, 0.15) is 6.61 Å². The highest BCUT2D eigenvalue weighted by molar-refractivity contribution is 5.78. The number of para-hydroxylation sites is 1. The number of hydrogen-bond donors (Lipinski definition) is 0. The van der Waals surface area contributed by atoms with Gasteiger partial charge < -0.3 is 4.74 Å². The second kappa shape index (κ2) is 13.4. The van der Waals surface area contributed by atoms with Gasteiger partial charge in [0.25, 0.3) is 11.1 Å². The van der Waals surface area contributed by atoms with E-state index >= 15 is 0 Å². The van der Waals surface area contributed by atoms with Crippen LogP contribution in [0.5, 0.6) is 5.88 Å². The first-order valence-corrected chi connectivity index (χ1v) is 16.2. The van der Waals surface area contributed by atoms with Crippen LogP contribution in [-0.2, 0) is 19.7 Å². The Labute approximate surface area is 286 Å². The Morgan fingerprint density at radius 2 is 1.16 bits per heavy atom. The summed E-state index contributed by atoms with van der Waals surface area (Å²) in [5.74, 6) is 0.485. The van der Waals surface area contributed by atoms with Gasteiger partial charge in [-0.15, -0.1) is 0 Å². The summed E-state index contributed by atoms with van der Waals surface area (Å²) in [6, 6.07) is 36.9. The van der Waals surface area contributed by atoms with Crippen molar-refractivity contribution in [2.45, 2.75) is 19.7 Å². The standard InChI is InChI=1S/C41H30N6O3/c48-40-35-5-1-2-6-37(35)44-26-46(40)23-28-7-12-31(13-8-28)33-17-19-43-39(21-33)50-25-30-11-16-36-38(20-30)45-27-47(41(36)49)24-29-9-14-32(15-10-29)34-4-3-18-42-22-34/h1-22,26-27H,23-25H2. The molecule has 0 saturated heterocycles. The van der Waals surface area contributed by atoms with Crippen molar-refractivity contribution in [2.75, 3.05) is 0 Å². The molecule has 0 radical (unpaired) electrons. The second-order valence-electron chi connectivity index (χ2n) is 12.0. The molecule has 0 aliphatic carbocycles. The summed E-state index contributed by atoms with van der Waals surface area (Å²) in [4.78, 5) is 43.8. The fraction of sp³-hybridized carbons (Fsp3) is 0.0732. The zero-order chi connectivity index (χ0) is 33.9. The quantitative estimate of drug-likeness (QED) is 0.167. The van der Waals surface area contributed by atoms with Crippen LogP contribution >= 0.6 is 0 Å². The third-order valence-corrected chi connectivity index (χ3v) is 8.68. The fourth-order valence-electron chi connectivity index (χ4n) is 5.98. The van der Waals surface area contributed by atoms with E-state index in [4.69, 9.17) is 4.74 Å². The zero-order valence-corrected chi connectivity index (χ0v) is 26.9. The van der Waals surface area contributed by atoms with Gasteiger partial charge in [0, 0.05) is 24.7 Å². The molecule has 8 aromatic rings. The van der Waals surface area contributed by atoms with Gasteiger partial charge in [-0.05, 0) is 75.3 Å². The maximum absolute atomic E-state index is 13.3. The predicted octanol–water partition coefficient (Wildman–Crippen LogP) is 6.91. The molecule has 242 valence electrons. The van der Waals surface area contributed by atoms with Crippen LogP contribution in [0.2, 0.25) is 0 Å². The molecule has 0 aliphatic rings. The molecule has 0 amide bonds. The monoisotopic (exact) mass is 654 g/mol. The van der Waals surface area contributed by atoms with Gasteiger partial charge >= 0.3 is 0 Å². The third-order valence-electron chi connectivity index (χ3n) is 8.68. The largest absolute Gasteiger partial charge is 0.473 e. The Hall–Kier alpha value is -6.74. The highest BCUT2D eigenvalue weighted by atomic mass is 16.5. The molecule has 0 N–H and O–H groups in total. The SMILES string of the molecule is O=c1c2ccccc2ncn1Cc1ccc(-c2ccnc(OCc3ccc4c(=O)n(Cc5ccc(-c6cccnc6)cc5)cnc4c3)c2)cc1. The summed E-state index contributed by atoms with van der Waals surface area (Å²) in [6.07, 6.45) is 8.49. The molecule has 4 heterocycles. The third kappa shape index (κ3) is 6.40. The van der Waals surface area contributed by atoms with Crippen LogP contribution < -0.4 is 15.9 Å². The molecular formula is C41H30N6O3. The van der Waals surface area contributed by atoms with Crippen molar-refractivity contribution in [2.24, 2.45) is 0 Å². The van der Waals surface area contributed by atoms with Gasteiger partial charge in [-0.3, -0.25) is 23.7 Å². The van der Waals surface area contributed by atoms with Gasteiger partial charge in [-0.1, -0.05) is 72.8 Å². The average molecular weight is 655 g/mol. The Bertz CT molecular complexity index is 2580. The number of aromatic nitrogens is 6. The molecule has 4 aromatic heterocycles. The lowest BCUT2D eigenvalue weighted by atomic mass is 10.0. The smallest absolute Gasteiger partial charge is 0.261 e. The first-order valence-electron chi connectivity index (χ1n) is 16.2. The zero-order valence-electron chi connectivity index (χ0n) is 26.9. The minimum absolute atomic E-state index is 0.0608. The first-order chi connectivity index (χ1) is 24.6. The maximum atomic E-state index is 13.3. The predicted molar refractivity (Wildman–Crippen MR) is 194 cm³/mol. The minimum Gasteiger partial charge on any atom is -0.473 e. The Kier molecular flexibility index (Phi) is 8.20. The number of fused-ring (bicyclic) bond motifs is 2. The first kappa shape index (κ1) is 30.6. The summed E-state index contributed by atoms with van der Waals surface area (Å²) < 4.78 is 9.31. The normalized spacial score (nSPS) is 11.2. The molecule has 0 spiro atoms. The maximum Gasteiger partial charge on any atom is 0.261 e. The molecule has 0 fully saturated rings. The molecule has 4 aromatic carbocycles. The van der Waals surface area contributed by atoms with Crippen molar-refractivity contribution in [3.8, 4) is 28.1 Å². The van der Waals surface area contributed by atoms with Crippen molar-refractivity contribution in [3.63, 3.8) is 0 Å². The van der Waals surface area contributed by atoms with E-state index < -0.39 is 0 Å². The van der Waals surface area contributed by atoms with Crippen LogP contribution in [0.25, 0.3) is 44.1 Å². The molecule has 0 atom stereocenters. The summed E-state index contributed by atoms with van der Waals surface area (Å²) in [6.45, 7) is 1.12. The molecular weight excluding hydrogens is 624 g/mol. The summed E-state index contributed by atoms with van der Waals surface area (Å²) in [7, 11) is 0. The number of benzene rings is 4. The lowest BCUT2D eigenvalue weighted by Crippen LogP contribution is -2.21. The van der Waals surface area contributed by atoms with Crippen LogP contribution in [0.3, 0.4) is 0 Å². The van der Waals surface area contributed by atoms with Gasteiger partial charge in [-0.2, -0.15) is 0 Å². The van der Waals surface area contributed by atoms with Crippen LogP contribution in [-0.4, -0.2) is 29.1 Å². The lowest BCUT2D eigenvalue weighted by Gasteiger charge is -2.10. The molecule has 0 saturated carbocycles. The highest BCUT2D eigenvalue weighted by Gasteiger charge is 2.09. The van der Waals surface area contributed by atoms with Crippen molar-refractivity contribution < 1.29 is 4.74 Å². The van der Waals surface area contributed by atoms with Crippen molar-refractivity contribution >= 4 is 21.8 Å². The molecule has 9 nitrogen and oxygen atoms in total. The number of ether oxygens (including phenoxy) is 1. The van der Waals surface area contributed by atoms with E-state index in [9.17, 15) is 9.59 Å². The summed E-state index contributed by atoms with van der Waals surface area (Å²) in [5, 5.41) is 1.16. The number of pyridine rings is 2. The second-order valence-corrected chi connectivity index (χ2v) is 12.0. The minimum atomic E-state index is -0.0971. The van der Waals surface area contributed by atoms with E-state index in [-0.39, 0.29) is 17.7 Å². The molecule has 0 bridgehead atoms. The molecule has 9 heteroatoms. The highest BCUT2D eigenvalue weighted by Crippen LogP contribution is 2.24. The Morgan fingerprint density at radius 1 is 0.520 bits per heavy atom. The van der Waals surface area contributed by atoms with E-state index in [2.05, 4.69) is 19.9 Å². The lowest BCUT2D eigenvalue weighted by molar-refractivity contribution is 0.294.